The molecule has 0 bridgehead atoms. The van der Waals surface area contributed by atoms with Crippen LogP contribution in [0.2, 0.25) is 0 Å². The Bertz CT molecular complexity index is 1540. The predicted molar refractivity (Wildman–Crippen MR) is 152 cm³/mol. The van der Waals surface area contributed by atoms with Gasteiger partial charge in [0.2, 0.25) is 0 Å². The molecule has 210 valence electrons. The van der Waals surface area contributed by atoms with E-state index in [4.69, 9.17) is 20.2 Å². The standard InChI is InChI=1S/C29H34FN7O3/c1-17(16-39-3)37-18(2)33-26-23(37)11-10-21(27(26)36-14-6-7-19(36)15-31)35-29(38)22-12-13-32-28(34-22)25-20(30)8-5-9-24(25)40-4/h5,8-13,17,19H,6-7,14-16,31H2,1-4H3,(H,35,38)/t17?,19-/m0/s1. The van der Waals surface area contributed by atoms with Crippen LogP contribution in [0, 0.1) is 12.7 Å². The van der Waals surface area contributed by atoms with Crippen molar-refractivity contribution in [1.29, 1.82) is 0 Å². The molecule has 10 nitrogen and oxygen atoms in total. The minimum atomic E-state index is -0.542. The van der Waals surface area contributed by atoms with Crippen LogP contribution in [0.3, 0.4) is 0 Å². The number of anilines is 2. The SMILES string of the molecule is COCC(C)n1c(C)nc2c(N3CCC[C@H]3CN)c(NC(=O)c3ccnc(-c4c(F)cccc4OC)n3)ccc21. The number of halogens is 1. The second kappa shape index (κ2) is 11.6. The summed E-state index contributed by atoms with van der Waals surface area (Å²) in [5.41, 5.74) is 9.51. The van der Waals surface area contributed by atoms with Crippen molar-refractivity contribution in [1.82, 2.24) is 19.5 Å². The van der Waals surface area contributed by atoms with Crippen molar-refractivity contribution >= 4 is 28.3 Å². The average molecular weight is 548 g/mol. The maximum Gasteiger partial charge on any atom is 0.274 e. The van der Waals surface area contributed by atoms with Crippen LogP contribution in [0.15, 0.2) is 42.6 Å². The van der Waals surface area contributed by atoms with Gasteiger partial charge in [-0.1, -0.05) is 6.07 Å². The van der Waals surface area contributed by atoms with Gasteiger partial charge in [0.05, 0.1) is 42.2 Å². The minimum Gasteiger partial charge on any atom is -0.496 e. The molecule has 0 aliphatic carbocycles. The van der Waals surface area contributed by atoms with Gasteiger partial charge in [0.25, 0.3) is 5.91 Å². The number of fused-ring (bicyclic) bond motifs is 1. The van der Waals surface area contributed by atoms with Gasteiger partial charge in [-0.15, -0.1) is 0 Å². The zero-order chi connectivity index (χ0) is 28.4. The lowest BCUT2D eigenvalue weighted by Gasteiger charge is -2.28. The van der Waals surface area contributed by atoms with Gasteiger partial charge in [0.1, 0.15) is 28.6 Å². The van der Waals surface area contributed by atoms with E-state index >= 15 is 0 Å². The summed E-state index contributed by atoms with van der Waals surface area (Å²) in [6.45, 7) is 5.89. The molecule has 4 aromatic rings. The quantitative estimate of drug-likeness (QED) is 0.318. The second-order valence-corrected chi connectivity index (χ2v) is 9.92. The molecular weight excluding hydrogens is 513 g/mol. The number of methoxy groups -OCH3 is 2. The number of aromatic nitrogens is 4. The second-order valence-electron chi connectivity index (χ2n) is 9.92. The molecule has 5 rings (SSSR count). The number of ether oxygens (including phenoxy) is 2. The van der Waals surface area contributed by atoms with Crippen molar-refractivity contribution in [3.05, 3.63) is 59.9 Å². The number of benzene rings is 2. The molecule has 2 atom stereocenters. The van der Waals surface area contributed by atoms with Crippen LogP contribution in [-0.4, -0.2) is 65.4 Å². The van der Waals surface area contributed by atoms with E-state index in [9.17, 15) is 9.18 Å². The average Bonchev–Trinajstić information content (AvgIpc) is 3.56. The van der Waals surface area contributed by atoms with E-state index < -0.39 is 11.7 Å². The summed E-state index contributed by atoms with van der Waals surface area (Å²) < 4.78 is 27.6. The fourth-order valence-electron chi connectivity index (χ4n) is 5.59. The molecule has 1 saturated heterocycles. The van der Waals surface area contributed by atoms with Crippen LogP contribution in [0.25, 0.3) is 22.4 Å². The van der Waals surface area contributed by atoms with Crippen molar-refractivity contribution in [3.8, 4) is 17.1 Å². The third kappa shape index (κ3) is 4.98. The van der Waals surface area contributed by atoms with E-state index in [2.05, 4.69) is 31.7 Å². The van der Waals surface area contributed by atoms with Gasteiger partial charge < -0.3 is 30.0 Å². The topological polar surface area (TPSA) is 120 Å². The number of carbonyl (C=O) groups is 1. The predicted octanol–water partition coefficient (Wildman–Crippen LogP) is 4.34. The smallest absolute Gasteiger partial charge is 0.274 e. The van der Waals surface area contributed by atoms with E-state index in [0.29, 0.717) is 18.8 Å². The van der Waals surface area contributed by atoms with Crippen molar-refractivity contribution in [3.63, 3.8) is 0 Å². The Morgan fingerprint density at radius 1 is 1.23 bits per heavy atom. The molecular formula is C29H34FN7O3. The van der Waals surface area contributed by atoms with E-state index in [1.54, 1.807) is 13.2 Å². The first-order valence-corrected chi connectivity index (χ1v) is 13.3. The Labute approximate surface area is 232 Å². The molecule has 0 radical (unpaired) electrons. The molecule has 0 spiro atoms. The van der Waals surface area contributed by atoms with Gasteiger partial charge in [-0.2, -0.15) is 0 Å². The molecule has 3 heterocycles. The first kappa shape index (κ1) is 27.5. The monoisotopic (exact) mass is 547 g/mol. The third-order valence-electron chi connectivity index (χ3n) is 7.35. The Hall–Kier alpha value is -4.09. The van der Waals surface area contributed by atoms with Gasteiger partial charge in [-0.05, 0) is 57.0 Å². The third-order valence-corrected chi connectivity index (χ3v) is 7.35. The number of imidazole rings is 1. The fourth-order valence-corrected chi connectivity index (χ4v) is 5.59. The Balaban J connectivity index is 1.57. The molecule has 2 aromatic carbocycles. The van der Waals surface area contributed by atoms with Gasteiger partial charge in [0.15, 0.2) is 5.82 Å². The maximum atomic E-state index is 14.7. The summed E-state index contributed by atoms with van der Waals surface area (Å²) in [7, 11) is 3.12. The summed E-state index contributed by atoms with van der Waals surface area (Å²) in [5.74, 6) is 0.197. The molecule has 1 aliphatic rings. The van der Waals surface area contributed by atoms with E-state index in [1.165, 1.54) is 31.5 Å². The molecule has 1 aliphatic heterocycles. The number of nitrogens with one attached hydrogen (secondary N) is 1. The molecule has 11 heteroatoms. The number of hydrogen-bond acceptors (Lipinski definition) is 8. The summed E-state index contributed by atoms with van der Waals surface area (Å²) in [6, 6.07) is 10.0. The normalized spacial score (nSPS) is 15.9. The number of carbonyl (C=O) groups excluding carboxylic acids is 1. The maximum absolute atomic E-state index is 14.7. The van der Waals surface area contributed by atoms with E-state index in [-0.39, 0.29) is 34.9 Å². The minimum absolute atomic E-state index is 0.0579. The summed E-state index contributed by atoms with van der Waals surface area (Å²) in [5, 5.41) is 3.03. The van der Waals surface area contributed by atoms with Crippen molar-refractivity contribution in [2.45, 2.75) is 38.8 Å². The molecule has 3 N–H and O–H groups in total. The first-order chi connectivity index (χ1) is 19.4. The summed E-state index contributed by atoms with van der Waals surface area (Å²) in [4.78, 5) is 29.3. The van der Waals surface area contributed by atoms with Crippen molar-refractivity contribution in [2.75, 3.05) is 44.1 Å². The van der Waals surface area contributed by atoms with E-state index in [1.807, 2.05) is 19.1 Å². The number of hydrogen-bond donors (Lipinski definition) is 2. The van der Waals surface area contributed by atoms with Crippen LogP contribution >= 0.6 is 0 Å². The van der Waals surface area contributed by atoms with Gasteiger partial charge in [0, 0.05) is 32.4 Å². The van der Waals surface area contributed by atoms with Crippen LogP contribution in [-0.2, 0) is 4.74 Å². The number of nitrogens with zero attached hydrogens (tertiary/aromatic N) is 5. The van der Waals surface area contributed by atoms with Gasteiger partial charge >= 0.3 is 0 Å². The highest BCUT2D eigenvalue weighted by molar-refractivity contribution is 6.08. The summed E-state index contributed by atoms with van der Waals surface area (Å²) >= 11 is 0. The van der Waals surface area contributed by atoms with Crippen LogP contribution < -0.4 is 20.7 Å². The zero-order valence-corrected chi connectivity index (χ0v) is 23.1. The first-order valence-electron chi connectivity index (χ1n) is 13.3. The van der Waals surface area contributed by atoms with Crippen LogP contribution in [0.5, 0.6) is 5.75 Å². The van der Waals surface area contributed by atoms with Gasteiger partial charge in [-0.3, -0.25) is 4.79 Å². The Kier molecular flexibility index (Phi) is 7.95. The Morgan fingerprint density at radius 3 is 2.80 bits per heavy atom. The van der Waals surface area contributed by atoms with Crippen LogP contribution in [0.1, 0.15) is 42.1 Å². The molecule has 40 heavy (non-hydrogen) atoms. The lowest BCUT2D eigenvalue weighted by molar-refractivity contribution is 0.102. The lowest BCUT2D eigenvalue weighted by atomic mass is 10.1. The van der Waals surface area contributed by atoms with E-state index in [0.717, 1.165) is 41.9 Å². The highest BCUT2D eigenvalue weighted by Gasteiger charge is 2.30. The molecule has 1 unspecified atom stereocenters. The van der Waals surface area contributed by atoms with Gasteiger partial charge in [-0.25, -0.2) is 19.3 Å². The van der Waals surface area contributed by atoms with Crippen molar-refractivity contribution < 1.29 is 18.7 Å². The largest absolute Gasteiger partial charge is 0.496 e. The molecule has 0 saturated carbocycles. The number of amides is 1. The number of nitrogens with two attached hydrogens (primary N) is 1. The highest BCUT2D eigenvalue weighted by atomic mass is 19.1. The zero-order valence-electron chi connectivity index (χ0n) is 23.1. The highest BCUT2D eigenvalue weighted by Crippen LogP contribution is 2.39. The molecule has 1 amide bonds. The van der Waals surface area contributed by atoms with Crippen molar-refractivity contribution in [2.24, 2.45) is 5.73 Å². The van der Waals surface area contributed by atoms with Crippen LogP contribution in [0.4, 0.5) is 15.8 Å². The fraction of sp³-hybridized carbons (Fsp3) is 0.379. The summed E-state index contributed by atoms with van der Waals surface area (Å²) in [6.07, 6.45) is 3.38. The Morgan fingerprint density at radius 2 is 2.05 bits per heavy atom. The number of rotatable bonds is 9. The lowest BCUT2D eigenvalue weighted by Crippen LogP contribution is -2.36. The molecule has 2 aromatic heterocycles. The molecule has 1 fully saturated rings. The number of aryl methyl sites for hydroxylation is 1.